The van der Waals surface area contributed by atoms with Crippen molar-refractivity contribution in [2.45, 2.75) is 44.6 Å². The average molecular weight is 283 g/mol. The summed E-state index contributed by atoms with van der Waals surface area (Å²) in [6.07, 6.45) is 2.52. The van der Waals surface area contributed by atoms with E-state index in [1.54, 1.807) is 12.1 Å². The topological polar surface area (TPSA) is 62.2 Å². The van der Waals surface area contributed by atoms with E-state index in [0.717, 1.165) is 25.0 Å². The Labute approximate surface area is 118 Å². The molecule has 1 fully saturated rings. The molecule has 0 aliphatic heterocycles. The minimum absolute atomic E-state index is 0.209. The average Bonchev–Trinajstić information content (AvgIpc) is 2.32. The van der Waals surface area contributed by atoms with Crippen LogP contribution in [0.2, 0.25) is 5.15 Å². The van der Waals surface area contributed by atoms with Gasteiger partial charge in [-0.1, -0.05) is 25.4 Å². The second-order valence-corrected chi connectivity index (χ2v) is 5.91. The molecule has 0 spiro atoms. The van der Waals surface area contributed by atoms with Crippen LogP contribution in [0.15, 0.2) is 12.1 Å². The maximum absolute atomic E-state index is 12.0. The van der Waals surface area contributed by atoms with Crippen molar-refractivity contribution < 1.29 is 9.90 Å². The largest absolute Gasteiger partial charge is 0.388 e. The van der Waals surface area contributed by atoms with Crippen molar-refractivity contribution >= 4 is 17.5 Å². The smallest absolute Gasteiger partial charge is 0.251 e. The Morgan fingerprint density at radius 1 is 1.53 bits per heavy atom. The maximum atomic E-state index is 12.0. The van der Waals surface area contributed by atoms with Gasteiger partial charge in [-0.3, -0.25) is 4.79 Å². The number of amides is 1. The van der Waals surface area contributed by atoms with Crippen LogP contribution in [0.4, 0.5) is 0 Å². The number of aromatic nitrogens is 1. The molecule has 0 atom stereocenters. The Bertz CT molecular complexity index is 484. The van der Waals surface area contributed by atoms with Gasteiger partial charge in [-0.2, -0.15) is 0 Å². The fraction of sp³-hybridized carbons (Fsp3) is 0.571. The van der Waals surface area contributed by atoms with Gasteiger partial charge >= 0.3 is 0 Å². The molecule has 0 bridgehead atoms. The van der Waals surface area contributed by atoms with E-state index in [0.29, 0.717) is 17.3 Å². The minimum Gasteiger partial charge on any atom is -0.388 e. The van der Waals surface area contributed by atoms with Gasteiger partial charge < -0.3 is 10.4 Å². The van der Waals surface area contributed by atoms with Crippen molar-refractivity contribution in [1.82, 2.24) is 10.3 Å². The van der Waals surface area contributed by atoms with Gasteiger partial charge in [0.05, 0.1) is 5.60 Å². The van der Waals surface area contributed by atoms with Crippen LogP contribution in [-0.4, -0.2) is 28.1 Å². The number of halogens is 1. The molecular weight excluding hydrogens is 264 g/mol. The zero-order valence-corrected chi connectivity index (χ0v) is 12.0. The van der Waals surface area contributed by atoms with E-state index in [4.69, 9.17) is 11.6 Å². The third kappa shape index (κ3) is 3.45. The summed E-state index contributed by atoms with van der Waals surface area (Å²) < 4.78 is 0. The molecule has 2 rings (SSSR count). The van der Waals surface area contributed by atoms with E-state index < -0.39 is 5.60 Å². The van der Waals surface area contributed by atoms with Crippen LogP contribution < -0.4 is 5.32 Å². The van der Waals surface area contributed by atoms with Gasteiger partial charge in [0.15, 0.2) is 0 Å². The van der Waals surface area contributed by atoms with Crippen LogP contribution in [0, 0.1) is 0 Å². The fourth-order valence-corrected chi connectivity index (χ4v) is 2.27. The number of pyridine rings is 1. The summed E-state index contributed by atoms with van der Waals surface area (Å²) in [5.74, 6) is -0.00686. The second kappa shape index (κ2) is 5.47. The first-order valence-corrected chi connectivity index (χ1v) is 6.95. The summed E-state index contributed by atoms with van der Waals surface area (Å²) in [5.41, 5.74) is 0.569. The molecule has 19 heavy (non-hydrogen) atoms. The molecule has 1 aromatic rings. The van der Waals surface area contributed by atoms with E-state index in [1.807, 2.05) is 13.8 Å². The van der Waals surface area contributed by atoms with Crippen molar-refractivity contribution in [3.8, 4) is 0 Å². The molecule has 4 nitrogen and oxygen atoms in total. The van der Waals surface area contributed by atoms with Crippen LogP contribution in [0.5, 0.6) is 0 Å². The van der Waals surface area contributed by atoms with E-state index in [9.17, 15) is 9.90 Å². The van der Waals surface area contributed by atoms with Crippen molar-refractivity contribution in [3.63, 3.8) is 0 Å². The number of carbonyl (C=O) groups is 1. The van der Waals surface area contributed by atoms with Crippen LogP contribution >= 0.6 is 11.6 Å². The molecule has 104 valence electrons. The van der Waals surface area contributed by atoms with Crippen LogP contribution in [0.3, 0.4) is 0 Å². The van der Waals surface area contributed by atoms with E-state index in [2.05, 4.69) is 10.3 Å². The van der Waals surface area contributed by atoms with Gasteiger partial charge in [0, 0.05) is 17.8 Å². The van der Waals surface area contributed by atoms with Crippen molar-refractivity contribution in [1.29, 1.82) is 0 Å². The molecule has 0 aromatic carbocycles. The molecular formula is C14H19ClN2O2. The SMILES string of the molecule is CC(C)c1cc(C(=O)NCC2(O)CCC2)cc(Cl)n1. The predicted octanol–water partition coefficient (Wildman–Crippen LogP) is 2.50. The lowest BCUT2D eigenvalue weighted by Crippen LogP contribution is -2.47. The number of carbonyl (C=O) groups excluding carboxylic acids is 1. The monoisotopic (exact) mass is 282 g/mol. The molecule has 0 saturated heterocycles. The van der Waals surface area contributed by atoms with Gasteiger partial charge in [0.1, 0.15) is 5.15 Å². The highest BCUT2D eigenvalue weighted by atomic mass is 35.5. The zero-order chi connectivity index (χ0) is 14.0. The lowest BCUT2D eigenvalue weighted by atomic mass is 9.80. The lowest BCUT2D eigenvalue weighted by Gasteiger charge is -2.36. The number of hydrogen-bond acceptors (Lipinski definition) is 3. The van der Waals surface area contributed by atoms with Gasteiger partial charge in [-0.15, -0.1) is 0 Å². The highest BCUT2D eigenvalue weighted by molar-refractivity contribution is 6.29. The first-order valence-electron chi connectivity index (χ1n) is 6.58. The molecule has 1 heterocycles. The van der Waals surface area contributed by atoms with E-state index in [-0.39, 0.29) is 11.8 Å². The summed E-state index contributed by atoms with van der Waals surface area (Å²) in [5, 5.41) is 13.0. The van der Waals surface area contributed by atoms with Crippen LogP contribution in [0.25, 0.3) is 0 Å². The van der Waals surface area contributed by atoms with E-state index in [1.165, 1.54) is 0 Å². The lowest BCUT2D eigenvalue weighted by molar-refractivity contribution is -0.0300. The van der Waals surface area contributed by atoms with Crippen LogP contribution in [-0.2, 0) is 0 Å². The molecule has 1 aliphatic carbocycles. The number of nitrogens with zero attached hydrogens (tertiary/aromatic N) is 1. The molecule has 0 unspecified atom stereocenters. The number of hydrogen-bond donors (Lipinski definition) is 2. The van der Waals surface area contributed by atoms with Crippen molar-refractivity contribution in [2.75, 3.05) is 6.54 Å². The quantitative estimate of drug-likeness (QED) is 0.834. The number of nitrogens with one attached hydrogen (secondary N) is 1. The molecule has 2 N–H and O–H groups in total. The Morgan fingerprint density at radius 2 is 2.21 bits per heavy atom. The maximum Gasteiger partial charge on any atom is 0.251 e. The van der Waals surface area contributed by atoms with E-state index >= 15 is 0 Å². The summed E-state index contributed by atoms with van der Waals surface area (Å²) in [7, 11) is 0. The molecule has 0 radical (unpaired) electrons. The second-order valence-electron chi connectivity index (χ2n) is 5.52. The Kier molecular flexibility index (Phi) is 4.11. The number of aliphatic hydroxyl groups is 1. The summed E-state index contributed by atoms with van der Waals surface area (Å²) in [6.45, 7) is 4.29. The third-order valence-corrected chi connectivity index (χ3v) is 3.72. The van der Waals surface area contributed by atoms with Gasteiger partial charge in [-0.05, 0) is 37.3 Å². The zero-order valence-electron chi connectivity index (χ0n) is 11.2. The standard InChI is InChI=1S/C14H19ClN2O2/c1-9(2)11-6-10(7-12(15)17-11)13(18)16-8-14(19)4-3-5-14/h6-7,9,19H,3-5,8H2,1-2H3,(H,16,18). The molecule has 1 saturated carbocycles. The fourth-order valence-electron chi connectivity index (χ4n) is 2.05. The van der Waals surface area contributed by atoms with Gasteiger partial charge in [0.2, 0.25) is 0 Å². The molecule has 1 aliphatic rings. The Morgan fingerprint density at radius 3 is 2.74 bits per heavy atom. The molecule has 1 amide bonds. The number of rotatable bonds is 4. The Balaban J connectivity index is 2.06. The van der Waals surface area contributed by atoms with Crippen LogP contribution in [0.1, 0.15) is 55.1 Å². The minimum atomic E-state index is -0.715. The predicted molar refractivity (Wildman–Crippen MR) is 74.5 cm³/mol. The summed E-state index contributed by atoms with van der Waals surface area (Å²) >= 11 is 5.93. The normalized spacial score (nSPS) is 17.1. The highest BCUT2D eigenvalue weighted by Gasteiger charge is 2.34. The summed E-state index contributed by atoms with van der Waals surface area (Å²) in [6, 6.07) is 3.30. The first kappa shape index (κ1) is 14.3. The molecule has 1 aromatic heterocycles. The van der Waals surface area contributed by atoms with Gasteiger partial charge in [0.25, 0.3) is 5.91 Å². The van der Waals surface area contributed by atoms with Crippen molar-refractivity contribution in [3.05, 3.63) is 28.5 Å². The summed E-state index contributed by atoms with van der Waals surface area (Å²) in [4.78, 5) is 16.2. The Hall–Kier alpha value is -1.13. The van der Waals surface area contributed by atoms with Gasteiger partial charge in [-0.25, -0.2) is 4.98 Å². The molecule has 5 heteroatoms. The van der Waals surface area contributed by atoms with Crippen molar-refractivity contribution in [2.24, 2.45) is 0 Å². The first-order chi connectivity index (χ1) is 8.89. The third-order valence-electron chi connectivity index (χ3n) is 3.53. The highest BCUT2D eigenvalue weighted by Crippen LogP contribution is 2.30.